The lowest BCUT2D eigenvalue weighted by molar-refractivity contribution is 0.0933. The van der Waals surface area contributed by atoms with Gasteiger partial charge in [0.1, 0.15) is 5.69 Å². The molecule has 0 aliphatic rings. The van der Waals surface area contributed by atoms with Crippen LogP contribution in [0.15, 0.2) is 42.6 Å². The molecule has 0 aliphatic heterocycles. The number of hydrogen-bond acceptors (Lipinski definition) is 5. The van der Waals surface area contributed by atoms with Crippen molar-refractivity contribution in [3.63, 3.8) is 0 Å². The number of nitrogens with one attached hydrogen (secondary N) is 2. The highest BCUT2D eigenvalue weighted by Crippen LogP contribution is 2.17. The molecule has 0 saturated carbocycles. The molecule has 144 valence electrons. The second-order valence-corrected chi connectivity index (χ2v) is 6.05. The molecule has 0 bridgehead atoms. The fraction of sp³-hybridized carbons (Fsp3) is 0.350. The summed E-state index contributed by atoms with van der Waals surface area (Å²) in [6, 6.07) is 10.1. The molecule has 2 amide bonds. The number of carbonyl (C=O) groups is 2. The fourth-order valence-corrected chi connectivity index (χ4v) is 2.28. The summed E-state index contributed by atoms with van der Waals surface area (Å²) in [5, 5.41) is 5.51. The topological polar surface area (TPSA) is 106 Å². The zero-order valence-electron chi connectivity index (χ0n) is 15.5. The highest BCUT2D eigenvalue weighted by Gasteiger charge is 2.11. The number of aromatic nitrogens is 1. The van der Waals surface area contributed by atoms with Gasteiger partial charge in [-0.25, -0.2) is 0 Å². The maximum Gasteiger partial charge on any atom is 0.269 e. The van der Waals surface area contributed by atoms with Crippen molar-refractivity contribution in [1.29, 1.82) is 0 Å². The van der Waals surface area contributed by atoms with Crippen LogP contribution >= 0.6 is 0 Å². The molecular weight excluding hydrogens is 344 g/mol. The quantitative estimate of drug-likeness (QED) is 0.440. The van der Waals surface area contributed by atoms with Crippen molar-refractivity contribution >= 4 is 23.2 Å². The lowest BCUT2D eigenvalue weighted by Gasteiger charge is -2.08. The average molecular weight is 370 g/mol. The van der Waals surface area contributed by atoms with Crippen molar-refractivity contribution in [2.75, 3.05) is 30.8 Å². The maximum atomic E-state index is 12.2. The summed E-state index contributed by atoms with van der Waals surface area (Å²) in [5.74, 6) is -0.612. The number of nitrogens with two attached hydrogens (primary N) is 1. The van der Waals surface area contributed by atoms with E-state index in [4.69, 9.17) is 10.5 Å². The number of para-hydroxylation sites is 2. The zero-order chi connectivity index (χ0) is 19.5. The summed E-state index contributed by atoms with van der Waals surface area (Å²) >= 11 is 0. The number of unbranched alkanes of at least 4 members (excludes halogenated alkanes) is 1. The van der Waals surface area contributed by atoms with E-state index < -0.39 is 0 Å². The minimum Gasteiger partial charge on any atom is -0.397 e. The molecular formula is C20H26N4O3. The molecule has 7 nitrogen and oxygen atoms in total. The lowest BCUT2D eigenvalue weighted by Crippen LogP contribution is -2.26. The Bertz CT molecular complexity index is 747. The van der Waals surface area contributed by atoms with Crippen molar-refractivity contribution in [3.8, 4) is 0 Å². The maximum absolute atomic E-state index is 12.2. The van der Waals surface area contributed by atoms with Crippen LogP contribution < -0.4 is 16.4 Å². The Hall–Kier alpha value is -2.93. The van der Waals surface area contributed by atoms with Crippen LogP contribution in [-0.2, 0) is 4.74 Å². The summed E-state index contributed by atoms with van der Waals surface area (Å²) in [6.07, 6.45) is 4.27. The van der Waals surface area contributed by atoms with Crippen LogP contribution in [0.5, 0.6) is 0 Å². The summed E-state index contributed by atoms with van der Waals surface area (Å²) in [7, 11) is 0. The van der Waals surface area contributed by atoms with E-state index in [0.717, 1.165) is 25.9 Å². The van der Waals surface area contributed by atoms with Crippen LogP contribution in [0, 0.1) is 0 Å². The van der Waals surface area contributed by atoms with E-state index in [1.54, 1.807) is 30.3 Å². The Balaban J connectivity index is 1.79. The molecule has 0 unspecified atom stereocenters. The van der Waals surface area contributed by atoms with Crippen LogP contribution in [0.2, 0.25) is 0 Å². The number of pyridine rings is 1. The minimum atomic E-state index is -0.336. The van der Waals surface area contributed by atoms with E-state index in [0.29, 0.717) is 30.1 Å². The Morgan fingerprint density at radius 3 is 2.56 bits per heavy atom. The van der Waals surface area contributed by atoms with Crippen molar-refractivity contribution in [1.82, 2.24) is 10.3 Å². The van der Waals surface area contributed by atoms with Gasteiger partial charge in [0.2, 0.25) is 0 Å². The van der Waals surface area contributed by atoms with Gasteiger partial charge in [-0.05, 0) is 37.1 Å². The first-order valence-electron chi connectivity index (χ1n) is 9.09. The van der Waals surface area contributed by atoms with Crippen LogP contribution in [0.4, 0.5) is 11.4 Å². The minimum absolute atomic E-state index is 0.262. The number of nitrogens with zero attached hydrogens (tertiary/aromatic N) is 1. The Morgan fingerprint density at radius 1 is 1.07 bits per heavy atom. The number of amides is 2. The Kier molecular flexibility index (Phi) is 8.25. The van der Waals surface area contributed by atoms with Gasteiger partial charge in [0.25, 0.3) is 11.8 Å². The largest absolute Gasteiger partial charge is 0.397 e. The van der Waals surface area contributed by atoms with Gasteiger partial charge in [0, 0.05) is 26.0 Å². The van der Waals surface area contributed by atoms with Crippen molar-refractivity contribution in [2.45, 2.75) is 26.2 Å². The number of ether oxygens (including phenoxy) is 1. The standard InChI is InChI=1S/C20H26N4O3/c1-2-3-12-27-13-6-11-22-20(26)18-10-9-15(14-23-18)19(25)24-17-8-5-4-7-16(17)21/h4-5,7-10,14H,2-3,6,11-13,21H2,1H3,(H,22,26)(H,24,25). The molecule has 1 aromatic carbocycles. The predicted molar refractivity (Wildman–Crippen MR) is 106 cm³/mol. The molecule has 2 aromatic rings. The highest BCUT2D eigenvalue weighted by molar-refractivity contribution is 6.05. The summed E-state index contributed by atoms with van der Waals surface area (Å²) in [5.41, 5.74) is 7.43. The summed E-state index contributed by atoms with van der Waals surface area (Å²) in [6.45, 7) is 4.00. The molecule has 0 aliphatic carbocycles. The second kappa shape index (κ2) is 10.9. The van der Waals surface area contributed by atoms with Gasteiger partial charge in [0.15, 0.2) is 0 Å². The number of nitrogen functional groups attached to an aromatic ring is 1. The molecule has 1 heterocycles. The van der Waals surface area contributed by atoms with Crippen LogP contribution in [0.25, 0.3) is 0 Å². The third-order valence-electron chi connectivity index (χ3n) is 3.86. The van der Waals surface area contributed by atoms with Gasteiger partial charge >= 0.3 is 0 Å². The molecule has 0 radical (unpaired) electrons. The molecule has 0 fully saturated rings. The monoisotopic (exact) mass is 370 g/mol. The number of carbonyl (C=O) groups excluding carboxylic acids is 2. The van der Waals surface area contributed by atoms with Gasteiger partial charge in [-0.15, -0.1) is 0 Å². The molecule has 2 rings (SSSR count). The van der Waals surface area contributed by atoms with Crippen LogP contribution in [0.1, 0.15) is 47.0 Å². The molecule has 0 atom stereocenters. The SMILES string of the molecule is CCCCOCCCNC(=O)c1ccc(C(=O)Nc2ccccc2N)cn1. The van der Waals surface area contributed by atoms with Crippen LogP contribution in [-0.4, -0.2) is 36.6 Å². The third-order valence-corrected chi connectivity index (χ3v) is 3.86. The number of hydrogen-bond donors (Lipinski definition) is 3. The summed E-state index contributed by atoms with van der Waals surface area (Å²) < 4.78 is 5.44. The van der Waals surface area contributed by atoms with E-state index in [1.165, 1.54) is 12.3 Å². The van der Waals surface area contributed by atoms with E-state index in [9.17, 15) is 9.59 Å². The highest BCUT2D eigenvalue weighted by atomic mass is 16.5. The molecule has 1 aromatic heterocycles. The van der Waals surface area contributed by atoms with Gasteiger partial charge < -0.3 is 21.1 Å². The molecule has 4 N–H and O–H groups in total. The van der Waals surface area contributed by atoms with Gasteiger partial charge in [0.05, 0.1) is 16.9 Å². The van der Waals surface area contributed by atoms with Gasteiger partial charge in [-0.3, -0.25) is 14.6 Å². The third kappa shape index (κ3) is 6.71. The number of benzene rings is 1. The second-order valence-electron chi connectivity index (χ2n) is 6.05. The van der Waals surface area contributed by atoms with E-state index in [1.807, 2.05) is 0 Å². The lowest BCUT2D eigenvalue weighted by atomic mass is 10.2. The smallest absolute Gasteiger partial charge is 0.269 e. The normalized spacial score (nSPS) is 10.4. The molecule has 0 saturated heterocycles. The number of rotatable bonds is 10. The molecule has 7 heteroatoms. The molecule has 27 heavy (non-hydrogen) atoms. The predicted octanol–water partition coefficient (Wildman–Crippen LogP) is 2.85. The van der Waals surface area contributed by atoms with Crippen molar-refractivity contribution in [2.24, 2.45) is 0 Å². The van der Waals surface area contributed by atoms with Gasteiger partial charge in [-0.2, -0.15) is 0 Å². The number of anilines is 2. The van der Waals surface area contributed by atoms with E-state index >= 15 is 0 Å². The van der Waals surface area contributed by atoms with E-state index in [-0.39, 0.29) is 17.5 Å². The first kappa shape index (κ1) is 20.4. The van der Waals surface area contributed by atoms with Crippen LogP contribution in [0.3, 0.4) is 0 Å². The van der Waals surface area contributed by atoms with Crippen molar-refractivity contribution in [3.05, 3.63) is 53.9 Å². The molecule has 0 spiro atoms. The fourth-order valence-electron chi connectivity index (χ4n) is 2.28. The zero-order valence-corrected chi connectivity index (χ0v) is 15.5. The summed E-state index contributed by atoms with van der Waals surface area (Å²) in [4.78, 5) is 28.4. The average Bonchev–Trinajstić information content (AvgIpc) is 2.69. The Labute approximate surface area is 159 Å². The van der Waals surface area contributed by atoms with E-state index in [2.05, 4.69) is 22.5 Å². The van der Waals surface area contributed by atoms with Crippen molar-refractivity contribution < 1.29 is 14.3 Å². The van der Waals surface area contributed by atoms with Gasteiger partial charge in [-0.1, -0.05) is 25.5 Å². The first-order chi connectivity index (χ1) is 13.1. The first-order valence-corrected chi connectivity index (χ1v) is 9.09. The Morgan fingerprint density at radius 2 is 1.85 bits per heavy atom.